The van der Waals surface area contributed by atoms with Crippen LogP contribution in [-0.2, 0) is 9.59 Å². The van der Waals surface area contributed by atoms with E-state index in [0.717, 1.165) is 56.9 Å². The number of anilines is 2. The molecule has 0 bridgehead atoms. The van der Waals surface area contributed by atoms with Crippen molar-refractivity contribution in [1.82, 2.24) is 9.88 Å². The molecule has 1 aliphatic heterocycles. The summed E-state index contributed by atoms with van der Waals surface area (Å²) in [5.74, 6) is 1.46. The zero-order valence-electron chi connectivity index (χ0n) is 14.5. The monoisotopic (exact) mass is 330 g/mol. The predicted octanol–water partition coefficient (Wildman–Crippen LogP) is 2.12. The molecule has 1 saturated heterocycles. The van der Waals surface area contributed by atoms with Gasteiger partial charge in [0.25, 0.3) is 0 Å². The highest BCUT2D eigenvalue weighted by Gasteiger charge is 2.29. The maximum Gasteiger partial charge on any atom is 0.227 e. The van der Waals surface area contributed by atoms with Crippen LogP contribution in [-0.4, -0.2) is 47.9 Å². The number of nitrogens with zero attached hydrogens (tertiary/aromatic N) is 3. The number of carbonyl (C=O) groups is 2. The van der Waals surface area contributed by atoms with Crippen LogP contribution in [0, 0.1) is 11.8 Å². The van der Waals surface area contributed by atoms with E-state index in [9.17, 15) is 9.59 Å². The molecule has 0 radical (unpaired) electrons. The average Bonchev–Trinajstić information content (AvgIpc) is 3.41. The molecule has 6 heteroatoms. The molecule has 130 valence electrons. The summed E-state index contributed by atoms with van der Waals surface area (Å²) in [5.41, 5.74) is 0.752. The fourth-order valence-corrected chi connectivity index (χ4v) is 2.97. The fourth-order valence-electron chi connectivity index (χ4n) is 2.97. The van der Waals surface area contributed by atoms with E-state index in [1.807, 2.05) is 30.9 Å². The van der Waals surface area contributed by atoms with Crippen LogP contribution >= 0.6 is 0 Å². The van der Waals surface area contributed by atoms with Gasteiger partial charge in [-0.1, -0.05) is 13.8 Å². The molecule has 24 heavy (non-hydrogen) atoms. The molecular weight excluding hydrogens is 304 g/mol. The van der Waals surface area contributed by atoms with Crippen LogP contribution in [0.5, 0.6) is 0 Å². The number of carbonyl (C=O) groups excluding carboxylic acids is 2. The van der Waals surface area contributed by atoms with E-state index in [-0.39, 0.29) is 23.7 Å². The van der Waals surface area contributed by atoms with Gasteiger partial charge in [-0.2, -0.15) is 0 Å². The molecule has 2 heterocycles. The van der Waals surface area contributed by atoms with Crippen molar-refractivity contribution in [1.29, 1.82) is 0 Å². The summed E-state index contributed by atoms with van der Waals surface area (Å²) < 4.78 is 0. The SMILES string of the molecule is CC(C)C(=O)N1CCCN(c2ccc(NC(=O)C3CC3)cn2)CC1. The molecule has 1 N–H and O–H groups in total. The number of amides is 2. The second-order valence-corrected chi connectivity index (χ2v) is 6.99. The maximum atomic E-state index is 12.2. The summed E-state index contributed by atoms with van der Waals surface area (Å²) in [6.45, 7) is 7.12. The number of hydrogen-bond acceptors (Lipinski definition) is 4. The van der Waals surface area contributed by atoms with Crippen molar-refractivity contribution in [2.45, 2.75) is 33.1 Å². The van der Waals surface area contributed by atoms with E-state index in [1.165, 1.54) is 0 Å². The topological polar surface area (TPSA) is 65.5 Å². The number of pyridine rings is 1. The molecular formula is C18H26N4O2. The minimum Gasteiger partial charge on any atom is -0.355 e. The fraction of sp³-hybridized carbons (Fsp3) is 0.611. The Hall–Kier alpha value is -2.11. The predicted molar refractivity (Wildman–Crippen MR) is 93.8 cm³/mol. The first-order valence-electron chi connectivity index (χ1n) is 8.85. The summed E-state index contributed by atoms with van der Waals surface area (Å²) in [6.07, 6.45) is 4.66. The second kappa shape index (κ2) is 7.20. The van der Waals surface area contributed by atoms with Gasteiger partial charge in [0.15, 0.2) is 0 Å². The lowest BCUT2D eigenvalue weighted by Crippen LogP contribution is -2.37. The molecule has 2 amide bonds. The van der Waals surface area contributed by atoms with Crippen LogP contribution in [0.2, 0.25) is 0 Å². The van der Waals surface area contributed by atoms with E-state index < -0.39 is 0 Å². The van der Waals surface area contributed by atoms with Crippen molar-refractivity contribution < 1.29 is 9.59 Å². The van der Waals surface area contributed by atoms with Gasteiger partial charge >= 0.3 is 0 Å². The van der Waals surface area contributed by atoms with Gasteiger partial charge in [0, 0.05) is 38.0 Å². The van der Waals surface area contributed by atoms with Crippen LogP contribution in [0.4, 0.5) is 11.5 Å². The lowest BCUT2D eigenvalue weighted by atomic mass is 10.2. The molecule has 2 aliphatic rings. The Labute approximate surface area is 143 Å². The zero-order valence-corrected chi connectivity index (χ0v) is 14.5. The average molecular weight is 330 g/mol. The Bertz CT molecular complexity index is 596. The van der Waals surface area contributed by atoms with Crippen molar-refractivity contribution in [2.75, 3.05) is 36.4 Å². The highest BCUT2D eigenvalue weighted by atomic mass is 16.2. The van der Waals surface area contributed by atoms with E-state index >= 15 is 0 Å². The third kappa shape index (κ3) is 4.04. The molecule has 3 rings (SSSR count). The molecule has 1 aromatic heterocycles. The zero-order chi connectivity index (χ0) is 17.1. The summed E-state index contributed by atoms with van der Waals surface area (Å²) in [4.78, 5) is 32.6. The molecule has 0 unspecified atom stereocenters. The molecule has 0 atom stereocenters. The molecule has 1 aromatic rings. The minimum atomic E-state index is 0.0454. The smallest absolute Gasteiger partial charge is 0.227 e. The summed E-state index contributed by atoms with van der Waals surface area (Å²) in [6, 6.07) is 3.85. The number of hydrogen-bond donors (Lipinski definition) is 1. The first-order valence-corrected chi connectivity index (χ1v) is 8.85. The second-order valence-electron chi connectivity index (χ2n) is 6.99. The molecule has 0 spiro atoms. The first-order chi connectivity index (χ1) is 11.5. The van der Waals surface area contributed by atoms with Gasteiger partial charge in [-0.3, -0.25) is 9.59 Å². The van der Waals surface area contributed by atoms with Gasteiger partial charge in [0.2, 0.25) is 11.8 Å². The third-order valence-corrected chi connectivity index (χ3v) is 4.59. The highest BCUT2D eigenvalue weighted by molar-refractivity contribution is 5.93. The van der Waals surface area contributed by atoms with Crippen LogP contribution in [0.15, 0.2) is 18.3 Å². The lowest BCUT2D eigenvalue weighted by Gasteiger charge is -2.24. The van der Waals surface area contributed by atoms with Crippen molar-refractivity contribution in [3.05, 3.63) is 18.3 Å². The number of aromatic nitrogens is 1. The van der Waals surface area contributed by atoms with E-state index in [0.29, 0.717) is 0 Å². The van der Waals surface area contributed by atoms with Crippen molar-refractivity contribution in [3.63, 3.8) is 0 Å². The molecule has 2 fully saturated rings. The van der Waals surface area contributed by atoms with Gasteiger partial charge in [0.1, 0.15) is 5.82 Å². The summed E-state index contributed by atoms with van der Waals surface area (Å²) in [7, 11) is 0. The van der Waals surface area contributed by atoms with Crippen LogP contribution in [0.3, 0.4) is 0 Å². The summed E-state index contributed by atoms with van der Waals surface area (Å²) in [5, 5.41) is 2.91. The number of nitrogens with one attached hydrogen (secondary N) is 1. The minimum absolute atomic E-state index is 0.0454. The van der Waals surface area contributed by atoms with Gasteiger partial charge < -0.3 is 15.1 Å². The largest absolute Gasteiger partial charge is 0.355 e. The highest BCUT2D eigenvalue weighted by Crippen LogP contribution is 2.30. The Balaban J connectivity index is 1.58. The Morgan fingerprint density at radius 2 is 1.96 bits per heavy atom. The van der Waals surface area contributed by atoms with Crippen LogP contribution in [0.25, 0.3) is 0 Å². The molecule has 1 saturated carbocycles. The lowest BCUT2D eigenvalue weighted by molar-refractivity contribution is -0.134. The molecule has 1 aliphatic carbocycles. The van der Waals surface area contributed by atoms with Crippen LogP contribution < -0.4 is 10.2 Å². The standard InChI is InChI=1S/C18H26N4O2/c1-13(2)18(24)22-9-3-8-21(10-11-22)16-7-6-15(12-19-16)20-17(23)14-4-5-14/h6-7,12-14H,3-5,8-11H2,1-2H3,(H,20,23). The maximum absolute atomic E-state index is 12.2. The molecule has 0 aromatic carbocycles. The molecule has 6 nitrogen and oxygen atoms in total. The first kappa shape index (κ1) is 16.7. The van der Waals surface area contributed by atoms with Gasteiger partial charge in [-0.15, -0.1) is 0 Å². The Morgan fingerprint density at radius 1 is 1.17 bits per heavy atom. The van der Waals surface area contributed by atoms with Crippen molar-refractivity contribution in [3.8, 4) is 0 Å². The van der Waals surface area contributed by atoms with E-state index in [1.54, 1.807) is 6.20 Å². The van der Waals surface area contributed by atoms with Gasteiger partial charge in [-0.25, -0.2) is 4.98 Å². The van der Waals surface area contributed by atoms with Crippen molar-refractivity contribution >= 4 is 23.3 Å². The number of rotatable bonds is 4. The summed E-state index contributed by atoms with van der Waals surface area (Å²) >= 11 is 0. The normalized spacial score (nSPS) is 18.5. The van der Waals surface area contributed by atoms with Gasteiger partial charge in [0.05, 0.1) is 11.9 Å². The Morgan fingerprint density at radius 3 is 2.58 bits per heavy atom. The van der Waals surface area contributed by atoms with E-state index in [4.69, 9.17) is 0 Å². The van der Waals surface area contributed by atoms with E-state index in [2.05, 4.69) is 15.2 Å². The third-order valence-electron chi connectivity index (χ3n) is 4.59. The Kier molecular flexibility index (Phi) is 5.02. The van der Waals surface area contributed by atoms with Crippen molar-refractivity contribution in [2.24, 2.45) is 11.8 Å². The quantitative estimate of drug-likeness (QED) is 0.918. The van der Waals surface area contributed by atoms with Crippen LogP contribution in [0.1, 0.15) is 33.1 Å². The van der Waals surface area contributed by atoms with Gasteiger partial charge in [-0.05, 0) is 31.4 Å².